The molecular formula is C8H13NO3S. The van der Waals surface area contributed by atoms with E-state index in [1.165, 1.54) is 6.92 Å². The van der Waals surface area contributed by atoms with Crippen molar-refractivity contribution < 1.29 is 14.7 Å². The monoisotopic (exact) mass is 203 g/mol. The Morgan fingerprint density at radius 3 is 2.46 bits per heavy atom. The fourth-order valence-electron chi connectivity index (χ4n) is 0.885. The summed E-state index contributed by atoms with van der Waals surface area (Å²) in [5, 5.41) is 7.76. The van der Waals surface area contributed by atoms with Crippen LogP contribution in [0.4, 0.5) is 0 Å². The Hall–Kier alpha value is -0.810. The van der Waals surface area contributed by atoms with Crippen LogP contribution in [-0.2, 0) is 9.59 Å². The molecule has 0 aromatic carbocycles. The van der Waals surface area contributed by atoms with Gasteiger partial charge in [-0.15, -0.1) is 0 Å². The first-order valence-electron chi connectivity index (χ1n) is 3.67. The number of ketones is 1. The summed E-state index contributed by atoms with van der Waals surface area (Å²) < 4.78 is 0. The van der Waals surface area contributed by atoms with Gasteiger partial charge in [-0.05, 0) is 13.0 Å². The molecule has 0 aliphatic rings. The lowest BCUT2D eigenvalue weighted by Gasteiger charge is -2.28. The Morgan fingerprint density at radius 1 is 1.77 bits per heavy atom. The number of hydrogen-bond acceptors (Lipinski definition) is 4. The van der Waals surface area contributed by atoms with Gasteiger partial charge in [0.25, 0.3) is 0 Å². The second kappa shape index (κ2) is 4.43. The quantitative estimate of drug-likeness (QED) is 0.344. The SMILES string of the molecule is C=CC(=O)C(C)(CC(=O)O)C(N)S. The van der Waals surface area contributed by atoms with E-state index in [-0.39, 0.29) is 6.42 Å². The van der Waals surface area contributed by atoms with Gasteiger partial charge >= 0.3 is 5.97 Å². The molecule has 0 rings (SSSR count). The van der Waals surface area contributed by atoms with Gasteiger partial charge in [0.1, 0.15) is 0 Å². The van der Waals surface area contributed by atoms with Crippen molar-refractivity contribution in [3.8, 4) is 0 Å². The van der Waals surface area contributed by atoms with Gasteiger partial charge < -0.3 is 10.8 Å². The van der Waals surface area contributed by atoms with Crippen LogP contribution in [-0.4, -0.2) is 22.2 Å². The summed E-state index contributed by atoms with van der Waals surface area (Å²) in [6.07, 6.45) is 0.724. The second-order valence-corrected chi connectivity index (χ2v) is 3.56. The number of rotatable bonds is 5. The third-order valence-corrected chi connectivity index (χ3v) is 2.49. The predicted molar refractivity (Wildman–Crippen MR) is 52.5 cm³/mol. The number of hydrogen-bond donors (Lipinski definition) is 3. The van der Waals surface area contributed by atoms with Crippen molar-refractivity contribution in [3.63, 3.8) is 0 Å². The molecule has 0 aromatic rings. The molecule has 0 amide bonds. The molecule has 3 N–H and O–H groups in total. The van der Waals surface area contributed by atoms with E-state index in [1.807, 2.05) is 0 Å². The third-order valence-electron chi connectivity index (χ3n) is 1.92. The first-order chi connectivity index (χ1) is 5.84. The first-order valence-corrected chi connectivity index (χ1v) is 4.18. The normalized spacial score (nSPS) is 17.2. The predicted octanol–water partition coefficient (Wildman–Crippen LogP) is 0.437. The lowest BCUT2D eigenvalue weighted by molar-refractivity contribution is -0.142. The van der Waals surface area contributed by atoms with Crippen LogP contribution < -0.4 is 5.73 Å². The average molecular weight is 203 g/mol. The summed E-state index contributed by atoms with van der Waals surface area (Å²) in [4.78, 5) is 21.8. The number of carboxylic acids is 1. The van der Waals surface area contributed by atoms with Crippen LogP contribution in [0.25, 0.3) is 0 Å². The molecule has 0 aliphatic heterocycles. The van der Waals surface area contributed by atoms with E-state index in [1.54, 1.807) is 0 Å². The molecule has 0 aliphatic carbocycles. The Kier molecular flexibility index (Phi) is 4.16. The summed E-state index contributed by atoms with van der Waals surface area (Å²) >= 11 is 3.89. The van der Waals surface area contributed by atoms with Gasteiger partial charge in [0.15, 0.2) is 5.78 Å². The molecule has 0 radical (unpaired) electrons. The third kappa shape index (κ3) is 2.86. The number of carbonyl (C=O) groups excluding carboxylic acids is 1. The van der Waals surface area contributed by atoms with Crippen LogP contribution in [0.15, 0.2) is 12.7 Å². The van der Waals surface area contributed by atoms with E-state index in [4.69, 9.17) is 10.8 Å². The van der Waals surface area contributed by atoms with Crippen molar-refractivity contribution in [3.05, 3.63) is 12.7 Å². The zero-order chi connectivity index (χ0) is 10.6. The van der Waals surface area contributed by atoms with E-state index in [0.717, 1.165) is 6.08 Å². The maximum absolute atomic E-state index is 11.3. The van der Waals surface area contributed by atoms with Crippen molar-refractivity contribution in [2.75, 3.05) is 0 Å². The van der Waals surface area contributed by atoms with E-state index in [0.29, 0.717) is 0 Å². The fraction of sp³-hybridized carbons (Fsp3) is 0.500. The topological polar surface area (TPSA) is 80.4 Å². The molecule has 0 saturated carbocycles. The minimum atomic E-state index is -1.18. The lowest BCUT2D eigenvalue weighted by atomic mass is 9.82. The number of nitrogens with two attached hydrogens (primary N) is 1. The molecular weight excluding hydrogens is 190 g/mol. The van der Waals surface area contributed by atoms with E-state index in [2.05, 4.69) is 19.2 Å². The summed E-state index contributed by atoms with van der Waals surface area (Å²) in [7, 11) is 0. The molecule has 0 bridgehead atoms. The zero-order valence-corrected chi connectivity index (χ0v) is 8.25. The average Bonchev–Trinajstić information content (AvgIpc) is 2.01. The van der Waals surface area contributed by atoms with Crippen LogP contribution in [0, 0.1) is 5.41 Å². The van der Waals surface area contributed by atoms with Crippen molar-refractivity contribution >= 4 is 24.4 Å². The molecule has 5 heteroatoms. The first kappa shape index (κ1) is 12.2. The number of allylic oxidation sites excluding steroid dienone is 1. The van der Waals surface area contributed by atoms with Crippen molar-refractivity contribution in [2.45, 2.75) is 18.7 Å². The highest BCUT2D eigenvalue weighted by atomic mass is 32.1. The fourth-order valence-corrected chi connectivity index (χ4v) is 1.10. The van der Waals surface area contributed by atoms with Crippen LogP contribution in [0.2, 0.25) is 0 Å². The van der Waals surface area contributed by atoms with E-state index >= 15 is 0 Å². The van der Waals surface area contributed by atoms with Crippen LogP contribution in [0.5, 0.6) is 0 Å². The van der Waals surface area contributed by atoms with Gasteiger partial charge in [0.2, 0.25) is 0 Å². The van der Waals surface area contributed by atoms with Crippen LogP contribution in [0.3, 0.4) is 0 Å². The lowest BCUT2D eigenvalue weighted by Crippen LogP contribution is -2.42. The maximum Gasteiger partial charge on any atom is 0.304 e. The molecule has 4 nitrogen and oxygen atoms in total. The number of carbonyl (C=O) groups is 2. The van der Waals surface area contributed by atoms with Gasteiger partial charge in [-0.25, -0.2) is 0 Å². The van der Waals surface area contributed by atoms with Crippen LogP contribution >= 0.6 is 12.6 Å². The van der Waals surface area contributed by atoms with Gasteiger partial charge in [0.05, 0.1) is 17.2 Å². The Labute approximate surface area is 82.2 Å². The summed E-state index contributed by atoms with van der Waals surface area (Å²) in [6, 6.07) is 0. The molecule has 2 unspecified atom stereocenters. The van der Waals surface area contributed by atoms with E-state index < -0.39 is 22.5 Å². The summed E-state index contributed by atoms with van der Waals surface area (Å²) in [5.41, 5.74) is 4.24. The molecule has 0 saturated heterocycles. The minimum absolute atomic E-state index is 0.345. The molecule has 0 aromatic heterocycles. The second-order valence-electron chi connectivity index (χ2n) is 3.00. The number of thiol groups is 1. The maximum atomic E-state index is 11.3. The van der Waals surface area contributed by atoms with Gasteiger partial charge in [-0.1, -0.05) is 6.58 Å². The largest absolute Gasteiger partial charge is 0.481 e. The van der Waals surface area contributed by atoms with Gasteiger partial charge in [-0.2, -0.15) is 12.6 Å². The van der Waals surface area contributed by atoms with Gasteiger partial charge in [0, 0.05) is 0 Å². The van der Waals surface area contributed by atoms with Crippen molar-refractivity contribution in [1.82, 2.24) is 0 Å². The number of carboxylic acid groups (broad SMARTS) is 1. The highest BCUT2D eigenvalue weighted by Gasteiger charge is 2.38. The Balaban J connectivity index is 4.82. The molecule has 13 heavy (non-hydrogen) atoms. The Morgan fingerprint density at radius 2 is 2.23 bits per heavy atom. The standard InChI is InChI=1S/C8H13NO3S/c1-3-5(10)8(2,7(9)13)4-6(11)12/h3,7,13H,1,4,9H2,2H3,(H,11,12). The number of aliphatic carboxylic acids is 1. The molecule has 74 valence electrons. The summed E-state index contributed by atoms with van der Waals surface area (Å²) in [5.74, 6) is -1.49. The summed E-state index contributed by atoms with van der Waals surface area (Å²) in [6.45, 7) is 4.75. The smallest absolute Gasteiger partial charge is 0.304 e. The molecule has 0 spiro atoms. The molecule has 0 fully saturated rings. The van der Waals surface area contributed by atoms with Gasteiger partial charge in [-0.3, -0.25) is 9.59 Å². The zero-order valence-electron chi connectivity index (χ0n) is 7.36. The van der Waals surface area contributed by atoms with Crippen LogP contribution in [0.1, 0.15) is 13.3 Å². The highest BCUT2D eigenvalue weighted by Crippen LogP contribution is 2.28. The van der Waals surface area contributed by atoms with Crippen molar-refractivity contribution in [1.29, 1.82) is 0 Å². The molecule has 0 heterocycles. The van der Waals surface area contributed by atoms with E-state index in [9.17, 15) is 9.59 Å². The highest BCUT2D eigenvalue weighted by molar-refractivity contribution is 7.81. The minimum Gasteiger partial charge on any atom is -0.481 e. The molecule has 2 atom stereocenters. The Bertz CT molecular complexity index is 240. The van der Waals surface area contributed by atoms with Crippen molar-refractivity contribution in [2.24, 2.45) is 11.1 Å².